The first kappa shape index (κ1) is 18.1. The molecule has 0 amide bonds. The Morgan fingerprint density at radius 2 is 1.96 bits per heavy atom. The van der Waals surface area contributed by atoms with Crippen LogP contribution in [0.1, 0.15) is 11.1 Å². The summed E-state index contributed by atoms with van der Waals surface area (Å²) in [6.07, 6.45) is -1.67. The predicted molar refractivity (Wildman–Crippen MR) is 93.4 cm³/mol. The lowest BCUT2D eigenvalue weighted by atomic mass is 10.1. The molecule has 1 aromatic heterocycles. The normalized spacial score (nSPS) is 11.8. The number of aromatic nitrogens is 1. The zero-order valence-corrected chi connectivity index (χ0v) is 13.9. The van der Waals surface area contributed by atoms with Crippen molar-refractivity contribution in [1.82, 2.24) is 10.3 Å². The molecule has 3 N–H and O–H groups in total. The smallest absolute Gasteiger partial charge is 0.422 e. The predicted octanol–water partition coefficient (Wildman–Crippen LogP) is 4.15. The molecule has 0 atom stereocenters. The molecule has 0 saturated carbocycles. The standard InChI is InChI=1S/C19H19F3N2O2/c20-19(21,22)12-26-16-3-1-2-13(8-16)10-23-7-6-14-11-24-18-5-4-15(25)9-17(14)18/h1-5,8-9,11,23-25H,6-7,10,12H2. The second-order valence-electron chi connectivity index (χ2n) is 6.02. The minimum absolute atomic E-state index is 0.203. The van der Waals surface area contributed by atoms with Gasteiger partial charge < -0.3 is 20.1 Å². The van der Waals surface area contributed by atoms with Crippen molar-refractivity contribution < 1.29 is 23.0 Å². The first-order chi connectivity index (χ1) is 12.4. The quantitative estimate of drug-likeness (QED) is 0.552. The zero-order valence-electron chi connectivity index (χ0n) is 13.9. The summed E-state index contributed by atoms with van der Waals surface area (Å²) in [5.74, 6) is 0.427. The van der Waals surface area contributed by atoms with E-state index in [1.165, 1.54) is 6.07 Å². The Labute approximate surface area is 148 Å². The van der Waals surface area contributed by atoms with Crippen LogP contribution in [0.15, 0.2) is 48.7 Å². The Morgan fingerprint density at radius 1 is 1.12 bits per heavy atom. The molecule has 0 bridgehead atoms. The van der Waals surface area contributed by atoms with Crippen molar-refractivity contribution >= 4 is 10.9 Å². The van der Waals surface area contributed by atoms with Crippen LogP contribution in [0.4, 0.5) is 13.2 Å². The number of phenols is 1. The van der Waals surface area contributed by atoms with Crippen LogP contribution in [0.3, 0.4) is 0 Å². The van der Waals surface area contributed by atoms with E-state index in [4.69, 9.17) is 4.74 Å². The van der Waals surface area contributed by atoms with E-state index in [1.807, 2.05) is 18.3 Å². The summed E-state index contributed by atoms with van der Waals surface area (Å²) >= 11 is 0. The third kappa shape index (κ3) is 4.92. The van der Waals surface area contributed by atoms with Crippen LogP contribution in [0.5, 0.6) is 11.5 Å². The molecule has 0 unspecified atom stereocenters. The van der Waals surface area contributed by atoms with Crippen molar-refractivity contribution in [2.24, 2.45) is 0 Å². The van der Waals surface area contributed by atoms with Gasteiger partial charge in [-0.3, -0.25) is 0 Å². The fourth-order valence-electron chi connectivity index (χ4n) is 2.74. The second-order valence-corrected chi connectivity index (χ2v) is 6.02. The minimum Gasteiger partial charge on any atom is -0.508 e. The van der Waals surface area contributed by atoms with E-state index in [0.717, 1.165) is 28.5 Å². The number of hydrogen-bond acceptors (Lipinski definition) is 3. The maximum absolute atomic E-state index is 12.2. The number of ether oxygens (including phenoxy) is 1. The van der Waals surface area contributed by atoms with E-state index in [2.05, 4.69) is 10.3 Å². The number of alkyl halides is 3. The minimum atomic E-state index is -4.35. The number of fused-ring (bicyclic) bond motifs is 1. The molecule has 4 nitrogen and oxygen atoms in total. The summed E-state index contributed by atoms with van der Waals surface area (Å²) in [6.45, 7) is -0.0790. The fourth-order valence-corrected chi connectivity index (χ4v) is 2.74. The molecule has 0 spiro atoms. The van der Waals surface area contributed by atoms with Gasteiger partial charge >= 0.3 is 6.18 Å². The molecule has 26 heavy (non-hydrogen) atoms. The Morgan fingerprint density at radius 3 is 2.77 bits per heavy atom. The van der Waals surface area contributed by atoms with Crippen LogP contribution < -0.4 is 10.1 Å². The highest BCUT2D eigenvalue weighted by Gasteiger charge is 2.28. The molecule has 7 heteroatoms. The number of benzene rings is 2. The first-order valence-corrected chi connectivity index (χ1v) is 8.19. The molecular weight excluding hydrogens is 345 g/mol. The summed E-state index contributed by atoms with van der Waals surface area (Å²) in [7, 11) is 0. The SMILES string of the molecule is Oc1ccc2[nH]cc(CCNCc3cccc(OCC(F)(F)F)c3)c2c1. The van der Waals surface area contributed by atoms with E-state index in [1.54, 1.807) is 24.3 Å². The average Bonchev–Trinajstić information content (AvgIpc) is 2.99. The van der Waals surface area contributed by atoms with Crippen molar-refractivity contribution in [3.8, 4) is 11.5 Å². The highest BCUT2D eigenvalue weighted by molar-refractivity contribution is 5.84. The number of aromatic amines is 1. The summed E-state index contributed by atoms with van der Waals surface area (Å²) in [5, 5.41) is 13.8. The number of halogens is 3. The van der Waals surface area contributed by atoms with E-state index >= 15 is 0 Å². The molecular formula is C19H19F3N2O2. The molecule has 2 aromatic carbocycles. The molecule has 0 aliphatic rings. The van der Waals surface area contributed by atoms with Gasteiger partial charge in [0.15, 0.2) is 6.61 Å². The van der Waals surface area contributed by atoms with Gasteiger partial charge in [0, 0.05) is 23.6 Å². The third-order valence-electron chi connectivity index (χ3n) is 3.95. The number of aromatic hydroxyl groups is 1. The maximum atomic E-state index is 12.2. The number of H-pyrrole nitrogens is 1. The van der Waals surface area contributed by atoms with E-state index in [9.17, 15) is 18.3 Å². The first-order valence-electron chi connectivity index (χ1n) is 8.19. The van der Waals surface area contributed by atoms with Gasteiger partial charge in [-0.05, 0) is 54.4 Å². The van der Waals surface area contributed by atoms with Crippen molar-refractivity contribution in [3.05, 3.63) is 59.8 Å². The third-order valence-corrected chi connectivity index (χ3v) is 3.95. The second kappa shape index (κ2) is 7.70. The van der Waals surface area contributed by atoms with Crippen LogP contribution in [0.25, 0.3) is 10.9 Å². The average molecular weight is 364 g/mol. The Bertz CT molecular complexity index is 875. The fraction of sp³-hybridized carbons (Fsp3) is 0.263. The van der Waals surface area contributed by atoms with Gasteiger partial charge in [0.2, 0.25) is 0 Å². The number of hydrogen-bond donors (Lipinski definition) is 3. The molecule has 0 saturated heterocycles. The summed E-state index contributed by atoms with van der Waals surface area (Å²) in [5.41, 5.74) is 2.90. The lowest BCUT2D eigenvalue weighted by Crippen LogP contribution is -2.19. The molecule has 0 aliphatic heterocycles. The lowest BCUT2D eigenvalue weighted by Gasteiger charge is -2.10. The number of phenolic OH excluding ortho intramolecular Hbond substituents is 1. The lowest BCUT2D eigenvalue weighted by molar-refractivity contribution is -0.153. The Kier molecular flexibility index (Phi) is 5.37. The Hall–Kier alpha value is -2.67. The van der Waals surface area contributed by atoms with Gasteiger partial charge in [-0.1, -0.05) is 12.1 Å². The van der Waals surface area contributed by atoms with E-state index in [0.29, 0.717) is 13.1 Å². The van der Waals surface area contributed by atoms with Crippen molar-refractivity contribution in [2.45, 2.75) is 19.1 Å². The molecule has 0 fully saturated rings. The zero-order chi connectivity index (χ0) is 18.6. The Balaban J connectivity index is 1.51. The van der Waals surface area contributed by atoms with Crippen LogP contribution in [0, 0.1) is 0 Å². The van der Waals surface area contributed by atoms with E-state index in [-0.39, 0.29) is 11.5 Å². The van der Waals surface area contributed by atoms with Gasteiger partial charge in [-0.25, -0.2) is 0 Å². The summed E-state index contributed by atoms with van der Waals surface area (Å²) in [4.78, 5) is 3.16. The van der Waals surface area contributed by atoms with Crippen LogP contribution >= 0.6 is 0 Å². The highest BCUT2D eigenvalue weighted by atomic mass is 19.4. The van der Waals surface area contributed by atoms with Gasteiger partial charge in [-0.2, -0.15) is 13.2 Å². The molecule has 3 aromatic rings. The van der Waals surface area contributed by atoms with Gasteiger partial charge in [-0.15, -0.1) is 0 Å². The van der Waals surface area contributed by atoms with Crippen LogP contribution in [-0.4, -0.2) is 29.4 Å². The topological polar surface area (TPSA) is 57.3 Å². The summed E-state index contributed by atoms with van der Waals surface area (Å²) in [6, 6.07) is 11.8. The van der Waals surface area contributed by atoms with Crippen molar-refractivity contribution in [3.63, 3.8) is 0 Å². The molecule has 138 valence electrons. The van der Waals surface area contributed by atoms with Crippen LogP contribution in [0.2, 0.25) is 0 Å². The van der Waals surface area contributed by atoms with Gasteiger partial charge in [0.25, 0.3) is 0 Å². The summed E-state index contributed by atoms with van der Waals surface area (Å²) < 4.78 is 41.4. The number of nitrogens with one attached hydrogen (secondary N) is 2. The highest BCUT2D eigenvalue weighted by Crippen LogP contribution is 2.23. The van der Waals surface area contributed by atoms with Crippen molar-refractivity contribution in [2.75, 3.05) is 13.2 Å². The maximum Gasteiger partial charge on any atom is 0.422 e. The molecule has 0 aliphatic carbocycles. The van der Waals surface area contributed by atoms with Gasteiger partial charge in [0.1, 0.15) is 11.5 Å². The van der Waals surface area contributed by atoms with E-state index < -0.39 is 12.8 Å². The molecule has 0 radical (unpaired) electrons. The number of rotatable bonds is 7. The van der Waals surface area contributed by atoms with Gasteiger partial charge in [0.05, 0.1) is 0 Å². The largest absolute Gasteiger partial charge is 0.508 e. The molecule has 3 rings (SSSR count). The van der Waals surface area contributed by atoms with Crippen molar-refractivity contribution in [1.29, 1.82) is 0 Å². The monoisotopic (exact) mass is 364 g/mol. The van der Waals surface area contributed by atoms with Crippen LogP contribution in [-0.2, 0) is 13.0 Å². The molecule has 1 heterocycles.